The Balaban J connectivity index is 2.23. The van der Waals surface area contributed by atoms with E-state index in [-0.39, 0.29) is 17.0 Å². The van der Waals surface area contributed by atoms with E-state index in [4.69, 9.17) is 0 Å². The van der Waals surface area contributed by atoms with Crippen LogP contribution < -0.4 is 0 Å². The highest BCUT2D eigenvalue weighted by molar-refractivity contribution is 6.41. The summed E-state index contributed by atoms with van der Waals surface area (Å²) < 4.78 is 0. The fourth-order valence-corrected chi connectivity index (χ4v) is 5.57. The maximum Gasteiger partial charge on any atom is 0.221 e. The largest absolute Gasteiger partial charge is 0.291 e. The summed E-state index contributed by atoms with van der Waals surface area (Å²) in [6, 6.07) is 0. The van der Waals surface area contributed by atoms with Gasteiger partial charge in [0.2, 0.25) is 11.6 Å². The molecule has 0 saturated carbocycles. The molecule has 0 heterocycles. The van der Waals surface area contributed by atoms with Crippen molar-refractivity contribution in [1.82, 2.24) is 0 Å². The van der Waals surface area contributed by atoms with Crippen LogP contribution in [0.5, 0.6) is 0 Å². The van der Waals surface area contributed by atoms with Crippen LogP contribution in [0.1, 0.15) is 157 Å². The Bertz CT molecular complexity index is 875. The summed E-state index contributed by atoms with van der Waals surface area (Å²) in [6.07, 6.45) is 34.0. The Morgan fingerprint density at radius 2 is 1.31 bits per heavy atom. The first-order valence-corrected chi connectivity index (χ1v) is 16.2. The van der Waals surface area contributed by atoms with E-state index in [2.05, 4.69) is 52.8 Å². The molecule has 0 spiro atoms. The summed E-state index contributed by atoms with van der Waals surface area (Å²) in [7, 11) is 0. The minimum Gasteiger partial charge on any atom is -0.291 e. The van der Waals surface area contributed by atoms with E-state index in [0.717, 1.165) is 18.4 Å². The fraction of sp³-hybridized carbons (Fsp3) is 0.676. The van der Waals surface area contributed by atoms with Crippen LogP contribution in [-0.4, -0.2) is 11.6 Å². The lowest BCUT2D eigenvalue weighted by molar-refractivity contribution is -0.133. The van der Waals surface area contributed by atoms with Gasteiger partial charge < -0.3 is 0 Å². The van der Waals surface area contributed by atoms with Crippen LogP contribution in [0.3, 0.4) is 0 Å². The van der Waals surface area contributed by atoms with Crippen LogP contribution >= 0.6 is 0 Å². The van der Waals surface area contributed by atoms with Crippen LogP contribution in [0.4, 0.5) is 0 Å². The Morgan fingerprint density at radius 1 is 0.769 bits per heavy atom. The van der Waals surface area contributed by atoms with Crippen LogP contribution in [0.15, 0.2) is 58.7 Å². The van der Waals surface area contributed by atoms with Crippen molar-refractivity contribution in [2.24, 2.45) is 5.41 Å². The molecule has 1 aliphatic carbocycles. The van der Waals surface area contributed by atoms with Crippen LogP contribution in [0.2, 0.25) is 0 Å². The Labute approximate surface area is 242 Å². The van der Waals surface area contributed by atoms with E-state index >= 15 is 0 Å². The second-order valence-electron chi connectivity index (χ2n) is 12.6. The number of unbranched alkanes of at least 4 members (excludes halogenated alkanes) is 13. The molecule has 220 valence electrons. The summed E-state index contributed by atoms with van der Waals surface area (Å²) in [4.78, 5) is 24.5. The molecular weight excluding hydrogens is 476 g/mol. The quantitative estimate of drug-likeness (QED) is 0.0632. The molecule has 0 unspecified atom stereocenters. The molecule has 0 atom stereocenters. The van der Waals surface area contributed by atoms with E-state index < -0.39 is 0 Å². The molecule has 0 aromatic carbocycles. The fourth-order valence-electron chi connectivity index (χ4n) is 5.57. The number of rotatable bonds is 21. The third-order valence-electron chi connectivity index (χ3n) is 8.16. The van der Waals surface area contributed by atoms with Crippen LogP contribution in [0.25, 0.3) is 0 Å². The number of carbonyl (C=O) groups excluding carboxylic acids is 2. The number of Topliss-reactive ketones (excluding diaryl/α,β-unsaturated/α-hetero) is 1. The Morgan fingerprint density at radius 3 is 1.85 bits per heavy atom. The van der Waals surface area contributed by atoms with Gasteiger partial charge in [0.15, 0.2) is 0 Å². The number of ketones is 2. The summed E-state index contributed by atoms with van der Waals surface area (Å²) in [5.74, 6) is -0.621. The minimum absolute atomic E-state index is 0.244. The van der Waals surface area contributed by atoms with E-state index in [0.29, 0.717) is 6.42 Å². The third-order valence-corrected chi connectivity index (χ3v) is 8.16. The second-order valence-corrected chi connectivity index (χ2v) is 12.6. The SMILES string of the molecule is CCCCCCCCCCCCCCCCC(=O)C(=O)/C=C(C)/C=C/C=C(C)/C=C/C1=C(C)CCCC1(C)C. The molecule has 0 fully saturated rings. The van der Waals surface area contributed by atoms with Gasteiger partial charge in [0, 0.05) is 6.42 Å². The molecule has 1 rings (SSSR count). The van der Waals surface area contributed by atoms with Gasteiger partial charge in [0.25, 0.3) is 0 Å². The lowest BCUT2D eigenvalue weighted by Crippen LogP contribution is -2.19. The summed E-state index contributed by atoms with van der Waals surface area (Å²) in [5.41, 5.74) is 5.19. The summed E-state index contributed by atoms with van der Waals surface area (Å²) in [6.45, 7) is 13.2. The smallest absolute Gasteiger partial charge is 0.221 e. The molecule has 0 aromatic rings. The lowest BCUT2D eigenvalue weighted by atomic mass is 9.72. The van der Waals surface area contributed by atoms with E-state index in [1.165, 1.54) is 119 Å². The second kappa shape index (κ2) is 20.9. The van der Waals surface area contributed by atoms with Crippen molar-refractivity contribution in [2.45, 2.75) is 157 Å². The van der Waals surface area contributed by atoms with Gasteiger partial charge in [-0.15, -0.1) is 0 Å². The molecule has 0 radical (unpaired) electrons. The van der Waals surface area contributed by atoms with Crippen molar-refractivity contribution in [3.8, 4) is 0 Å². The minimum atomic E-state index is -0.366. The van der Waals surface area contributed by atoms with Crippen molar-refractivity contribution in [3.63, 3.8) is 0 Å². The number of hydrogen-bond acceptors (Lipinski definition) is 2. The molecule has 1 aliphatic rings. The highest BCUT2D eigenvalue weighted by atomic mass is 16.2. The number of carbonyl (C=O) groups is 2. The summed E-state index contributed by atoms with van der Waals surface area (Å²) >= 11 is 0. The Hall–Kier alpha value is -1.96. The molecule has 0 aromatic heterocycles. The zero-order valence-corrected chi connectivity index (χ0v) is 26.5. The van der Waals surface area contributed by atoms with Gasteiger partial charge >= 0.3 is 0 Å². The lowest BCUT2D eigenvalue weighted by Gasteiger charge is -2.32. The first-order valence-electron chi connectivity index (χ1n) is 16.2. The first kappa shape index (κ1) is 35.1. The first-order chi connectivity index (χ1) is 18.7. The van der Waals surface area contributed by atoms with Gasteiger partial charge in [-0.1, -0.05) is 146 Å². The van der Waals surface area contributed by atoms with Gasteiger partial charge in [-0.2, -0.15) is 0 Å². The maximum absolute atomic E-state index is 12.3. The normalized spacial score (nSPS) is 16.6. The zero-order chi connectivity index (χ0) is 28.9. The zero-order valence-electron chi connectivity index (χ0n) is 26.5. The molecule has 2 heteroatoms. The molecule has 0 aliphatic heterocycles. The van der Waals surface area contributed by atoms with Gasteiger partial charge in [-0.25, -0.2) is 0 Å². The van der Waals surface area contributed by atoms with Gasteiger partial charge in [-0.05, 0) is 69.1 Å². The van der Waals surface area contributed by atoms with Crippen molar-refractivity contribution >= 4 is 11.6 Å². The van der Waals surface area contributed by atoms with Crippen molar-refractivity contribution < 1.29 is 9.59 Å². The van der Waals surface area contributed by atoms with Gasteiger partial charge in [0.1, 0.15) is 0 Å². The predicted molar refractivity (Wildman–Crippen MR) is 171 cm³/mol. The topological polar surface area (TPSA) is 34.1 Å². The molecule has 0 N–H and O–H groups in total. The monoisotopic (exact) mass is 536 g/mol. The summed E-state index contributed by atoms with van der Waals surface area (Å²) in [5, 5.41) is 0. The van der Waals surface area contributed by atoms with Crippen molar-refractivity contribution in [1.29, 1.82) is 0 Å². The molecule has 2 nitrogen and oxygen atoms in total. The van der Waals surface area contributed by atoms with Crippen LogP contribution in [0, 0.1) is 5.41 Å². The van der Waals surface area contributed by atoms with Gasteiger partial charge in [-0.3, -0.25) is 9.59 Å². The number of hydrogen-bond donors (Lipinski definition) is 0. The molecular formula is C37H60O2. The van der Waals surface area contributed by atoms with E-state index in [9.17, 15) is 9.59 Å². The van der Waals surface area contributed by atoms with Crippen molar-refractivity contribution in [2.75, 3.05) is 0 Å². The standard InChI is InChI=1S/C37H60O2/c1-7-8-9-10-11-12-13-14-15-16-17-18-19-20-26-35(38)36(39)30-32(3)24-21-23-31(2)27-28-34-33(4)25-22-29-37(34,5)6/h21,23-24,27-28,30H,7-20,22,25-26,29H2,1-6H3/b24-21+,28-27+,31-23+,32-30+. The highest BCUT2D eigenvalue weighted by Crippen LogP contribution is 2.40. The predicted octanol–water partition coefficient (Wildman–Crippen LogP) is 11.5. The molecule has 0 bridgehead atoms. The van der Waals surface area contributed by atoms with Gasteiger partial charge in [0.05, 0.1) is 0 Å². The number of allylic oxidation sites excluding steroid dienone is 10. The molecule has 0 amide bonds. The highest BCUT2D eigenvalue weighted by Gasteiger charge is 2.26. The maximum atomic E-state index is 12.3. The average Bonchev–Trinajstić information content (AvgIpc) is 2.88. The van der Waals surface area contributed by atoms with E-state index in [1.54, 1.807) is 0 Å². The van der Waals surface area contributed by atoms with E-state index in [1.807, 2.05) is 19.1 Å². The average molecular weight is 537 g/mol. The molecule has 39 heavy (non-hydrogen) atoms. The molecule has 0 saturated heterocycles. The van der Waals surface area contributed by atoms with Crippen LogP contribution in [-0.2, 0) is 9.59 Å². The Kier molecular flexibility index (Phi) is 18.8. The third kappa shape index (κ3) is 16.7. The van der Waals surface area contributed by atoms with Crippen molar-refractivity contribution in [3.05, 3.63) is 58.7 Å².